The second-order valence-electron chi connectivity index (χ2n) is 3.52. The highest BCUT2D eigenvalue weighted by molar-refractivity contribution is 9.10. The van der Waals surface area contributed by atoms with Crippen LogP contribution in [0.3, 0.4) is 0 Å². The second-order valence-corrected chi connectivity index (χ2v) is 4.44. The van der Waals surface area contributed by atoms with Crippen LogP contribution in [0.4, 0.5) is 13.2 Å². The van der Waals surface area contributed by atoms with Crippen molar-refractivity contribution < 1.29 is 13.2 Å². The minimum Gasteiger partial charge on any atom is -0.263 e. The maximum absolute atomic E-state index is 12.1. The molecule has 0 radical (unpaired) electrons. The zero-order valence-electron chi connectivity index (χ0n) is 8.58. The second kappa shape index (κ2) is 4.52. The fraction of sp³-hybridized carbons (Fsp3) is 0.182. The minimum absolute atomic E-state index is 0.529. The van der Waals surface area contributed by atoms with E-state index in [4.69, 9.17) is 0 Å². The summed E-state index contributed by atoms with van der Waals surface area (Å²) >= 11 is 3.29. The Kier molecular flexibility index (Phi) is 3.24. The van der Waals surface area contributed by atoms with E-state index in [9.17, 15) is 13.2 Å². The molecule has 1 aromatic carbocycles. The average Bonchev–Trinajstić information content (AvgIpc) is 2.64. The van der Waals surface area contributed by atoms with Crippen molar-refractivity contribution in [1.82, 2.24) is 9.78 Å². The van der Waals surface area contributed by atoms with Gasteiger partial charge in [-0.3, -0.25) is 4.68 Å². The smallest absolute Gasteiger partial charge is 0.263 e. The number of hydrogen-bond donors (Lipinski definition) is 0. The molecule has 2 aromatic rings. The maximum Gasteiger partial charge on any atom is 0.408 e. The van der Waals surface area contributed by atoms with Gasteiger partial charge in [0.15, 0.2) is 0 Å². The number of hydrogen-bond acceptors (Lipinski definition) is 1. The average molecular weight is 305 g/mol. The van der Waals surface area contributed by atoms with Gasteiger partial charge in [0, 0.05) is 16.2 Å². The molecule has 90 valence electrons. The van der Waals surface area contributed by atoms with E-state index < -0.39 is 12.7 Å². The molecule has 0 fully saturated rings. The summed E-state index contributed by atoms with van der Waals surface area (Å²) in [5.74, 6) is 0. The Balaban J connectivity index is 2.21. The van der Waals surface area contributed by atoms with Gasteiger partial charge in [-0.25, -0.2) is 0 Å². The predicted octanol–water partition coefficient (Wildman–Crippen LogP) is 3.87. The van der Waals surface area contributed by atoms with Gasteiger partial charge in [0.25, 0.3) is 0 Å². The predicted molar refractivity (Wildman–Crippen MR) is 61.4 cm³/mol. The summed E-state index contributed by atoms with van der Waals surface area (Å²) in [6, 6.07) is 8.79. The number of nitrogens with zero attached hydrogens (tertiary/aromatic N) is 2. The standard InChI is InChI=1S/C11H8BrF3N2/c12-9-3-1-8(2-4-9)10-5-6-17(16-10)7-11(13,14)15/h1-6H,7H2. The molecule has 17 heavy (non-hydrogen) atoms. The molecule has 0 saturated carbocycles. The van der Waals surface area contributed by atoms with Crippen LogP contribution in [0.25, 0.3) is 11.3 Å². The number of benzene rings is 1. The molecule has 2 nitrogen and oxygen atoms in total. The summed E-state index contributed by atoms with van der Waals surface area (Å²) < 4.78 is 38.2. The van der Waals surface area contributed by atoms with E-state index in [0.717, 1.165) is 14.7 Å². The van der Waals surface area contributed by atoms with Crippen LogP contribution in [-0.4, -0.2) is 16.0 Å². The van der Waals surface area contributed by atoms with Crippen LogP contribution >= 0.6 is 15.9 Å². The lowest BCUT2D eigenvalue weighted by Gasteiger charge is -2.05. The largest absolute Gasteiger partial charge is 0.408 e. The van der Waals surface area contributed by atoms with Crippen LogP contribution < -0.4 is 0 Å². The normalized spacial score (nSPS) is 11.8. The molecule has 0 atom stereocenters. The molecule has 1 heterocycles. The van der Waals surface area contributed by atoms with E-state index >= 15 is 0 Å². The number of halogens is 4. The van der Waals surface area contributed by atoms with Crippen LogP contribution in [0, 0.1) is 0 Å². The van der Waals surface area contributed by atoms with E-state index in [2.05, 4.69) is 21.0 Å². The highest BCUT2D eigenvalue weighted by atomic mass is 79.9. The number of rotatable bonds is 2. The Morgan fingerprint density at radius 2 is 1.76 bits per heavy atom. The Hall–Kier alpha value is -1.30. The van der Waals surface area contributed by atoms with E-state index in [-0.39, 0.29) is 0 Å². The number of alkyl halides is 3. The molecule has 0 spiro atoms. The molecule has 0 aliphatic heterocycles. The summed E-state index contributed by atoms with van der Waals surface area (Å²) in [6.45, 7) is -1.07. The highest BCUT2D eigenvalue weighted by Crippen LogP contribution is 2.22. The molecule has 0 aliphatic carbocycles. The first-order chi connectivity index (χ1) is 7.94. The van der Waals surface area contributed by atoms with Gasteiger partial charge >= 0.3 is 6.18 Å². The van der Waals surface area contributed by atoms with Gasteiger partial charge in [-0.1, -0.05) is 28.1 Å². The monoisotopic (exact) mass is 304 g/mol. The SMILES string of the molecule is FC(F)(F)Cn1ccc(-c2ccc(Br)cc2)n1. The van der Waals surface area contributed by atoms with Crippen molar-refractivity contribution >= 4 is 15.9 Å². The third-order valence-corrected chi connectivity index (χ3v) is 2.65. The minimum atomic E-state index is -4.25. The van der Waals surface area contributed by atoms with Crippen LogP contribution in [0.1, 0.15) is 0 Å². The Labute approximate surface area is 104 Å². The zero-order chi connectivity index (χ0) is 12.5. The van der Waals surface area contributed by atoms with Crippen molar-refractivity contribution in [3.8, 4) is 11.3 Å². The molecule has 0 unspecified atom stereocenters. The first kappa shape index (κ1) is 12.2. The van der Waals surface area contributed by atoms with Crippen molar-refractivity contribution in [3.05, 3.63) is 41.0 Å². The van der Waals surface area contributed by atoms with Crippen LogP contribution in [0.2, 0.25) is 0 Å². The molecule has 0 N–H and O–H groups in total. The summed E-state index contributed by atoms with van der Waals surface area (Å²) in [6.07, 6.45) is -2.92. The Morgan fingerprint density at radius 3 is 2.35 bits per heavy atom. The lowest BCUT2D eigenvalue weighted by atomic mass is 10.2. The Bertz CT molecular complexity index is 502. The molecule has 0 saturated heterocycles. The van der Waals surface area contributed by atoms with E-state index in [0.29, 0.717) is 5.69 Å². The van der Waals surface area contributed by atoms with Crippen LogP contribution in [0.15, 0.2) is 41.0 Å². The van der Waals surface area contributed by atoms with E-state index in [1.54, 1.807) is 18.2 Å². The summed E-state index contributed by atoms with van der Waals surface area (Å²) in [5, 5.41) is 3.88. The molecule has 0 amide bonds. The highest BCUT2D eigenvalue weighted by Gasteiger charge is 2.28. The molecular formula is C11H8BrF3N2. The third-order valence-electron chi connectivity index (χ3n) is 2.12. The summed E-state index contributed by atoms with van der Waals surface area (Å²) in [4.78, 5) is 0. The topological polar surface area (TPSA) is 17.8 Å². The fourth-order valence-electron chi connectivity index (χ4n) is 1.41. The Morgan fingerprint density at radius 1 is 1.12 bits per heavy atom. The van der Waals surface area contributed by atoms with Gasteiger partial charge in [0.05, 0.1) is 5.69 Å². The zero-order valence-corrected chi connectivity index (χ0v) is 10.2. The molecule has 0 aliphatic rings. The van der Waals surface area contributed by atoms with Gasteiger partial charge in [-0.05, 0) is 18.2 Å². The van der Waals surface area contributed by atoms with Crippen molar-refractivity contribution in [2.24, 2.45) is 0 Å². The lowest BCUT2D eigenvalue weighted by molar-refractivity contribution is -0.142. The van der Waals surface area contributed by atoms with Crippen molar-refractivity contribution in [1.29, 1.82) is 0 Å². The van der Waals surface area contributed by atoms with Crippen LogP contribution in [-0.2, 0) is 6.54 Å². The summed E-state index contributed by atoms with van der Waals surface area (Å²) in [5.41, 5.74) is 1.32. The van der Waals surface area contributed by atoms with Gasteiger partial charge < -0.3 is 0 Å². The van der Waals surface area contributed by atoms with E-state index in [1.165, 1.54) is 6.20 Å². The number of aromatic nitrogens is 2. The fourth-order valence-corrected chi connectivity index (χ4v) is 1.67. The van der Waals surface area contributed by atoms with Gasteiger partial charge in [0.1, 0.15) is 6.54 Å². The van der Waals surface area contributed by atoms with Gasteiger partial charge in [-0.15, -0.1) is 0 Å². The van der Waals surface area contributed by atoms with Crippen molar-refractivity contribution in [2.75, 3.05) is 0 Å². The first-order valence-electron chi connectivity index (χ1n) is 4.80. The lowest BCUT2D eigenvalue weighted by Crippen LogP contribution is -2.17. The van der Waals surface area contributed by atoms with Crippen LogP contribution in [0.5, 0.6) is 0 Å². The van der Waals surface area contributed by atoms with Gasteiger partial charge in [0.2, 0.25) is 0 Å². The van der Waals surface area contributed by atoms with Crippen molar-refractivity contribution in [2.45, 2.75) is 12.7 Å². The maximum atomic E-state index is 12.1. The first-order valence-corrected chi connectivity index (χ1v) is 5.59. The quantitative estimate of drug-likeness (QED) is 0.823. The molecule has 6 heteroatoms. The van der Waals surface area contributed by atoms with E-state index in [1.807, 2.05) is 12.1 Å². The van der Waals surface area contributed by atoms with Crippen molar-refractivity contribution in [3.63, 3.8) is 0 Å². The molecular weight excluding hydrogens is 297 g/mol. The summed E-state index contributed by atoms with van der Waals surface area (Å²) in [7, 11) is 0. The van der Waals surface area contributed by atoms with Gasteiger partial charge in [-0.2, -0.15) is 18.3 Å². The molecule has 1 aromatic heterocycles. The molecule has 2 rings (SSSR count). The third kappa shape index (κ3) is 3.33. The molecule has 0 bridgehead atoms.